The van der Waals surface area contributed by atoms with Crippen LogP contribution >= 0.6 is 0 Å². The van der Waals surface area contributed by atoms with Gasteiger partial charge in [0.1, 0.15) is 11.5 Å². The molecular formula is C14H13FN2O2. The fraction of sp³-hybridized carbons (Fsp3) is 0.143. The van der Waals surface area contributed by atoms with E-state index in [0.717, 1.165) is 5.56 Å². The average Bonchev–Trinajstić information content (AvgIpc) is 2.40. The highest BCUT2D eigenvalue weighted by molar-refractivity contribution is 5.85. The van der Waals surface area contributed by atoms with Crippen LogP contribution in [0.4, 0.5) is 10.1 Å². The molecule has 1 atom stereocenters. The molecule has 0 spiro atoms. The van der Waals surface area contributed by atoms with E-state index in [2.05, 4.69) is 10.3 Å². The SMILES string of the molecule is C[C@@H](Nc1ccc(C(=O)O)nc1)c1ccc(F)cc1. The summed E-state index contributed by atoms with van der Waals surface area (Å²) in [4.78, 5) is 14.5. The van der Waals surface area contributed by atoms with Crippen LogP contribution in [0.1, 0.15) is 29.0 Å². The van der Waals surface area contributed by atoms with Crippen molar-refractivity contribution in [3.8, 4) is 0 Å². The number of hydrogen-bond acceptors (Lipinski definition) is 3. The molecule has 0 amide bonds. The fourth-order valence-corrected chi connectivity index (χ4v) is 1.69. The van der Waals surface area contributed by atoms with Gasteiger partial charge in [0, 0.05) is 6.04 Å². The molecule has 0 unspecified atom stereocenters. The van der Waals surface area contributed by atoms with Crippen LogP contribution in [-0.2, 0) is 0 Å². The van der Waals surface area contributed by atoms with Crippen LogP contribution in [0.5, 0.6) is 0 Å². The Morgan fingerprint density at radius 2 is 1.95 bits per heavy atom. The van der Waals surface area contributed by atoms with Crippen LogP contribution in [0.3, 0.4) is 0 Å². The predicted molar refractivity (Wildman–Crippen MR) is 69.6 cm³/mol. The Hall–Kier alpha value is -2.43. The summed E-state index contributed by atoms with van der Waals surface area (Å²) in [5.41, 5.74) is 1.64. The summed E-state index contributed by atoms with van der Waals surface area (Å²) in [5, 5.41) is 11.9. The molecule has 19 heavy (non-hydrogen) atoms. The van der Waals surface area contributed by atoms with Crippen LogP contribution in [0.25, 0.3) is 0 Å². The highest BCUT2D eigenvalue weighted by Gasteiger charge is 2.07. The third kappa shape index (κ3) is 3.28. The van der Waals surface area contributed by atoms with Gasteiger partial charge in [-0.25, -0.2) is 14.2 Å². The second-order valence-electron chi connectivity index (χ2n) is 4.15. The number of carbonyl (C=O) groups is 1. The monoisotopic (exact) mass is 260 g/mol. The summed E-state index contributed by atoms with van der Waals surface area (Å²) in [6.45, 7) is 1.93. The lowest BCUT2D eigenvalue weighted by Crippen LogP contribution is -2.07. The molecule has 2 rings (SSSR count). The number of anilines is 1. The molecule has 4 nitrogen and oxygen atoms in total. The molecule has 2 aromatic rings. The van der Waals surface area contributed by atoms with Crippen molar-refractivity contribution in [2.24, 2.45) is 0 Å². The minimum absolute atomic E-state index is 0.0000137. The maximum absolute atomic E-state index is 12.8. The lowest BCUT2D eigenvalue weighted by Gasteiger charge is -2.15. The summed E-state index contributed by atoms with van der Waals surface area (Å²) < 4.78 is 12.8. The Morgan fingerprint density at radius 1 is 1.26 bits per heavy atom. The first-order valence-electron chi connectivity index (χ1n) is 5.77. The third-order valence-corrected chi connectivity index (χ3v) is 2.74. The average molecular weight is 260 g/mol. The van der Waals surface area contributed by atoms with Gasteiger partial charge < -0.3 is 10.4 Å². The van der Waals surface area contributed by atoms with Gasteiger partial charge in [0.2, 0.25) is 0 Å². The minimum Gasteiger partial charge on any atom is -0.477 e. The number of halogens is 1. The number of aromatic nitrogens is 1. The van der Waals surface area contributed by atoms with Gasteiger partial charge in [0.15, 0.2) is 0 Å². The zero-order valence-corrected chi connectivity index (χ0v) is 10.3. The largest absolute Gasteiger partial charge is 0.477 e. The van der Waals surface area contributed by atoms with Crippen molar-refractivity contribution in [1.82, 2.24) is 4.98 Å². The van der Waals surface area contributed by atoms with Crippen molar-refractivity contribution in [1.29, 1.82) is 0 Å². The number of pyridine rings is 1. The lowest BCUT2D eigenvalue weighted by molar-refractivity contribution is 0.0690. The van der Waals surface area contributed by atoms with Crippen molar-refractivity contribution >= 4 is 11.7 Å². The first-order chi connectivity index (χ1) is 9.06. The summed E-state index contributed by atoms with van der Waals surface area (Å²) in [5.74, 6) is -1.33. The molecule has 1 aromatic heterocycles. The quantitative estimate of drug-likeness (QED) is 0.886. The molecule has 0 aliphatic heterocycles. The molecule has 5 heteroatoms. The topological polar surface area (TPSA) is 62.2 Å². The van der Waals surface area contributed by atoms with E-state index in [9.17, 15) is 9.18 Å². The molecule has 0 aliphatic rings. The number of nitrogens with one attached hydrogen (secondary N) is 1. The number of hydrogen-bond donors (Lipinski definition) is 2. The number of rotatable bonds is 4. The number of nitrogens with zero attached hydrogens (tertiary/aromatic N) is 1. The summed E-state index contributed by atoms with van der Waals surface area (Å²) >= 11 is 0. The van der Waals surface area contributed by atoms with Crippen LogP contribution in [0.15, 0.2) is 42.6 Å². The van der Waals surface area contributed by atoms with Crippen LogP contribution in [-0.4, -0.2) is 16.1 Å². The molecule has 0 bridgehead atoms. The van der Waals surface area contributed by atoms with E-state index < -0.39 is 5.97 Å². The van der Waals surface area contributed by atoms with Gasteiger partial charge in [-0.05, 0) is 36.8 Å². The third-order valence-electron chi connectivity index (χ3n) is 2.74. The smallest absolute Gasteiger partial charge is 0.354 e. The molecule has 98 valence electrons. The first kappa shape index (κ1) is 13.0. The van der Waals surface area contributed by atoms with Crippen molar-refractivity contribution < 1.29 is 14.3 Å². The number of aromatic carboxylic acids is 1. The van der Waals surface area contributed by atoms with E-state index in [4.69, 9.17) is 5.11 Å². The van der Waals surface area contributed by atoms with Gasteiger partial charge in [-0.3, -0.25) is 0 Å². The Bertz CT molecular complexity index is 567. The maximum atomic E-state index is 12.8. The van der Waals surface area contributed by atoms with Crippen molar-refractivity contribution in [3.63, 3.8) is 0 Å². The summed E-state index contributed by atoms with van der Waals surface area (Å²) in [7, 11) is 0. The molecule has 0 radical (unpaired) electrons. The zero-order valence-electron chi connectivity index (χ0n) is 10.3. The second kappa shape index (κ2) is 5.48. The maximum Gasteiger partial charge on any atom is 0.354 e. The van der Waals surface area contributed by atoms with E-state index in [1.807, 2.05) is 6.92 Å². The predicted octanol–water partition coefficient (Wildman–Crippen LogP) is 3.09. The Labute approximate surface area is 109 Å². The molecule has 1 aromatic carbocycles. The van der Waals surface area contributed by atoms with Gasteiger partial charge in [-0.2, -0.15) is 0 Å². The summed E-state index contributed by atoms with van der Waals surface area (Å²) in [6, 6.07) is 9.26. The Kier molecular flexibility index (Phi) is 3.75. The summed E-state index contributed by atoms with van der Waals surface area (Å²) in [6.07, 6.45) is 1.46. The van der Waals surface area contributed by atoms with E-state index >= 15 is 0 Å². The highest BCUT2D eigenvalue weighted by Crippen LogP contribution is 2.19. The second-order valence-corrected chi connectivity index (χ2v) is 4.15. The van der Waals surface area contributed by atoms with E-state index in [1.54, 1.807) is 18.2 Å². The molecule has 0 fully saturated rings. The van der Waals surface area contributed by atoms with Crippen molar-refractivity contribution in [2.75, 3.05) is 5.32 Å². The molecule has 0 saturated carbocycles. The number of benzene rings is 1. The van der Waals surface area contributed by atoms with Crippen molar-refractivity contribution in [3.05, 3.63) is 59.7 Å². The van der Waals surface area contributed by atoms with E-state index in [1.165, 1.54) is 24.4 Å². The molecular weight excluding hydrogens is 247 g/mol. The van der Waals surface area contributed by atoms with Crippen LogP contribution < -0.4 is 5.32 Å². The number of carboxylic acid groups (broad SMARTS) is 1. The Balaban J connectivity index is 2.08. The molecule has 0 aliphatic carbocycles. The van der Waals surface area contributed by atoms with Gasteiger partial charge in [-0.1, -0.05) is 12.1 Å². The van der Waals surface area contributed by atoms with Gasteiger partial charge in [0.25, 0.3) is 0 Å². The lowest BCUT2D eigenvalue weighted by atomic mass is 10.1. The van der Waals surface area contributed by atoms with E-state index in [0.29, 0.717) is 5.69 Å². The van der Waals surface area contributed by atoms with Crippen LogP contribution in [0, 0.1) is 5.82 Å². The molecule has 1 heterocycles. The highest BCUT2D eigenvalue weighted by atomic mass is 19.1. The van der Waals surface area contributed by atoms with Gasteiger partial charge in [0.05, 0.1) is 11.9 Å². The van der Waals surface area contributed by atoms with Crippen LogP contribution in [0.2, 0.25) is 0 Å². The first-order valence-corrected chi connectivity index (χ1v) is 5.77. The minimum atomic E-state index is -1.06. The molecule has 2 N–H and O–H groups in total. The van der Waals surface area contributed by atoms with Crippen molar-refractivity contribution in [2.45, 2.75) is 13.0 Å². The van der Waals surface area contributed by atoms with E-state index in [-0.39, 0.29) is 17.6 Å². The fourth-order valence-electron chi connectivity index (χ4n) is 1.69. The standard InChI is InChI=1S/C14H13FN2O2/c1-9(10-2-4-11(15)5-3-10)17-12-6-7-13(14(18)19)16-8-12/h2-9,17H,1H3,(H,18,19)/t9-/m1/s1. The van der Waals surface area contributed by atoms with Gasteiger partial charge >= 0.3 is 5.97 Å². The van der Waals surface area contributed by atoms with Gasteiger partial charge in [-0.15, -0.1) is 0 Å². The molecule has 0 saturated heterocycles. The Morgan fingerprint density at radius 3 is 2.47 bits per heavy atom. The normalized spacial score (nSPS) is 11.9. The number of carboxylic acids is 1. The zero-order chi connectivity index (χ0) is 13.8.